The van der Waals surface area contributed by atoms with Crippen LogP contribution in [0.4, 0.5) is 0 Å². The number of carbonyl (C=O) groups excluding carboxylic acids is 2. The van der Waals surface area contributed by atoms with Gasteiger partial charge in [0.15, 0.2) is 0 Å². The molecule has 0 bridgehead atoms. The van der Waals surface area contributed by atoms with Gasteiger partial charge in [-0.05, 0) is 56.2 Å². The van der Waals surface area contributed by atoms with Gasteiger partial charge in [0.25, 0.3) is 0 Å². The Labute approximate surface area is 178 Å². The summed E-state index contributed by atoms with van der Waals surface area (Å²) in [5, 5.41) is 3.06. The lowest BCUT2D eigenvalue weighted by Gasteiger charge is -2.44. The Morgan fingerprint density at radius 2 is 2.00 bits per heavy atom. The molecule has 0 radical (unpaired) electrons. The van der Waals surface area contributed by atoms with Gasteiger partial charge < -0.3 is 10.2 Å². The number of pyridine rings is 1. The van der Waals surface area contributed by atoms with Crippen LogP contribution in [-0.4, -0.2) is 41.3 Å². The molecule has 1 saturated heterocycles. The Balaban J connectivity index is 1.65. The second-order valence-electron chi connectivity index (χ2n) is 8.71. The van der Waals surface area contributed by atoms with Crippen molar-refractivity contribution in [3.05, 3.63) is 54.4 Å². The molecule has 2 aliphatic rings. The minimum absolute atomic E-state index is 0.0668. The van der Waals surface area contributed by atoms with Gasteiger partial charge in [-0.25, -0.2) is 0 Å². The van der Waals surface area contributed by atoms with Crippen LogP contribution in [0.1, 0.15) is 44.6 Å². The minimum atomic E-state index is -0.591. The largest absolute Gasteiger partial charge is 0.356 e. The van der Waals surface area contributed by atoms with Crippen molar-refractivity contribution in [3.8, 4) is 11.1 Å². The molecule has 30 heavy (non-hydrogen) atoms. The molecular formula is C25H31N3O2. The van der Waals surface area contributed by atoms with Crippen LogP contribution in [0.15, 0.2) is 48.8 Å². The van der Waals surface area contributed by atoms with Crippen LogP contribution in [0.2, 0.25) is 0 Å². The molecular weight excluding hydrogens is 374 g/mol. The molecule has 1 aromatic heterocycles. The third kappa shape index (κ3) is 4.11. The summed E-state index contributed by atoms with van der Waals surface area (Å²) < 4.78 is 0. The molecule has 158 valence electrons. The lowest BCUT2D eigenvalue weighted by Crippen LogP contribution is -2.55. The average molecular weight is 406 g/mol. The van der Waals surface area contributed by atoms with Crippen molar-refractivity contribution in [2.45, 2.75) is 45.4 Å². The molecule has 5 heteroatoms. The fraction of sp³-hybridized carbons (Fsp3) is 0.480. The highest BCUT2D eigenvalue weighted by molar-refractivity contribution is 5.86. The molecule has 1 atom stereocenters. The van der Waals surface area contributed by atoms with Gasteiger partial charge in [-0.3, -0.25) is 14.6 Å². The maximum absolute atomic E-state index is 13.3. The molecule has 2 heterocycles. The van der Waals surface area contributed by atoms with Crippen LogP contribution in [0.25, 0.3) is 11.1 Å². The molecule has 1 aliphatic heterocycles. The van der Waals surface area contributed by atoms with Gasteiger partial charge in [0.1, 0.15) is 0 Å². The summed E-state index contributed by atoms with van der Waals surface area (Å²) in [6.45, 7) is 3.83. The van der Waals surface area contributed by atoms with Crippen molar-refractivity contribution < 1.29 is 9.59 Å². The molecule has 5 nitrogen and oxygen atoms in total. The third-order valence-corrected chi connectivity index (χ3v) is 6.68. The Morgan fingerprint density at radius 3 is 2.70 bits per heavy atom. The molecule has 2 fully saturated rings. The monoisotopic (exact) mass is 405 g/mol. The maximum atomic E-state index is 13.3. The van der Waals surface area contributed by atoms with Gasteiger partial charge in [0.2, 0.25) is 11.8 Å². The Bertz CT molecular complexity index is 894. The lowest BCUT2D eigenvalue weighted by molar-refractivity contribution is -0.146. The first kappa shape index (κ1) is 20.6. The summed E-state index contributed by atoms with van der Waals surface area (Å²) in [5.41, 5.74) is 2.70. The van der Waals surface area contributed by atoms with E-state index in [1.54, 1.807) is 6.20 Å². The van der Waals surface area contributed by atoms with E-state index >= 15 is 0 Å². The number of aromatic nitrogens is 1. The van der Waals surface area contributed by atoms with E-state index in [4.69, 9.17) is 0 Å². The highest BCUT2D eigenvalue weighted by atomic mass is 16.2. The summed E-state index contributed by atoms with van der Waals surface area (Å²) >= 11 is 0. The number of hydrogen-bond donors (Lipinski definition) is 1. The minimum Gasteiger partial charge on any atom is -0.356 e. The highest BCUT2D eigenvalue weighted by Gasteiger charge is 2.45. The number of likely N-dealkylation sites (tertiary alicyclic amines) is 1. The van der Waals surface area contributed by atoms with E-state index in [1.807, 2.05) is 36.2 Å². The predicted molar refractivity (Wildman–Crippen MR) is 118 cm³/mol. The maximum Gasteiger partial charge on any atom is 0.228 e. The first-order valence-electron chi connectivity index (χ1n) is 11.2. The highest BCUT2D eigenvalue weighted by Crippen LogP contribution is 2.39. The van der Waals surface area contributed by atoms with Gasteiger partial charge >= 0.3 is 0 Å². The van der Waals surface area contributed by atoms with Crippen LogP contribution in [0, 0.1) is 11.3 Å². The van der Waals surface area contributed by atoms with E-state index in [2.05, 4.69) is 28.5 Å². The van der Waals surface area contributed by atoms with E-state index in [0.29, 0.717) is 19.5 Å². The smallest absolute Gasteiger partial charge is 0.228 e. The molecule has 1 saturated carbocycles. The van der Waals surface area contributed by atoms with E-state index in [1.165, 1.54) is 0 Å². The van der Waals surface area contributed by atoms with E-state index in [9.17, 15) is 9.59 Å². The second kappa shape index (κ2) is 8.99. The summed E-state index contributed by atoms with van der Waals surface area (Å²) in [5.74, 6) is 0.477. The zero-order valence-electron chi connectivity index (χ0n) is 17.8. The van der Waals surface area contributed by atoms with Crippen LogP contribution < -0.4 is 5.32 Å². The molecule has 4 rings (SSSR count). The number of rotatable bonds is 6. The molecule has 0 unspecified atom stereocenters. The van der Waals surface area contributed by atoms with E-state index in [0.717, 1.165) is 55.3 Å². The fourth-order valence-electron chi connectivity index (χ4n) is 4.83. The molecule has 0 spiro atoms. The summed E-state index contributed by atoms with van der Waals surface area (Å²) in [4.78, 5) is 32.5. The van der Waals surface area contributed by atoms with Crippen LogP contribution in [-0.2, 0) is 16.0 Å². The van der Waals surface area contributed by atoms with Crippen LogP contribution in [0.5, 0.6) is 0 Å². The Kier molecular flexibility index (Phi) is 6.16. The standard InChI is InChI=1S/C25H31N3O2/c1-2-27-24(30)25(13-7-15-28(18-25)23(29)19-9-5-10-19)16-20-8-3-4-12-22(20)21-11-6-14-26-17-21/h3-4,6,8,11-12,14,17,19H,2,5,7,9-10,13,15-16,18H2,1H3,(H,27,30)/t25-/m1/s1. The van der Waals surface area contributed by atoms with Gasteiger partial charge in [0, 0.05) is 43.5 Å². The molecule has 1 N–H and O–H groups in total. The second-order valence-corrected chi connectivity index (χ2v) is 8.71. The molecule has 2 amide bonds. The first-order chi connectivity index (χ1) is 14.6. The van der Waals surface area contributed by atoms with E-state index < -0.39 is 5.41 Å². The number of benzene rings is 1. The van der Waals surface area contributed by atoms with Crippen LogP contribution in [0.3, 0.4) is 0 Å². The normalized spacial score (nSPS) is 21.7. The summed E-state index contributed by atoms with van der Waals surface area (Å²) in [6.07, 6.45) is 9.06. The van der Waals surface area contributed by atoms with Crippen molar-refractivity contribution in [2.24, 2.45) is 11.3 Å². The fourth-order valence-corrected chi connectivity index (χ4v) is 4.83. The number of hydrogen-bond acceptors (Lipinski definition) is 3. The van der Waals surface area contributed by atoms with Gasteiger partial charge in [0.05, 0.1) is 5.41 Å². The number of nitrogens with one attached hydrogen (secondary N) is 1. The van der Waals surface area contributed by atoms with Crippen molar-refractivity contribution in [1.29, 1.82) is 0 Å². The zero-order chi connectivity index (χ0) is 21.0. The van der Waals surface area contributed by atoms with Crippen molar-refractivity contribution in [2.75, 3.05) is 19.6 Å². The number of carbonyl (C=O) groups is 2. The number of nitrogens with zero attached hydrogens (tertiary/aromatic N) is 2. The van der Waals surface area contributed by atoms with Gasteiger partial charge in [-0.15, -0.1) is 0 Å². The average Bonchev–Trinajstić information content (AvgIpc) is 2.74. The van der Waals surface area contributed by atoms with Crippen LogP contribution >= 0.6 is 0 Å². The van der Waals surface area contributed by atoms with Gasteiger partial charge in [-0.2, -0.15) is 0 Å². The molecule has 1 aliphatic carbocycles. The Morgan fingerprint density at radius 1 is 1.17 bits per heavy atom. The predicted octanol–water partition coefficient (Wildman–Crippen LogP) is 3.84. The summed E-state index contributed by atoms with van der Waals surface area (Å²) in [7, 11) is 0. The molecule has 2 aromatic rings. The first-order valence-corrected chi connectivity index (χ1v) is 11.2. The van der Waals surface area contributed by atoms with Crippen molar-refractivity contribution in [3.63, 3.8) is 0 Å². The topological polar surface area (TPSA) is 62.3 Å². The quantitative estimate of drug-likeness (QED) is 0.794. The SMILES string of the molecule is CCNC(=O)[C@@]1(Cc2ccccc2-c2cccnc2)CCCN(C(=O)C2CCC2)C1. The number of piperidine rings is 1. The van der Waals surface area contributed by atoms with Gasteiger partial charge in [-0.1, -0.05) is 36.8 Å². The number of amides is 2. The summed E-state index contributed by atoms with van der Waals surface area (Å²) in [6, 6.07) is 12.2. The molecule has 1 aromatic carbocycles. The van der Waals surface area contributed by atoms with Crippen molar-refractivity contribution in [1.82, 2.24) is 15.2 Å². The zero-order valence-corrected chi connectivity index (χ0v) is 17.8. The van der Waals surface area contributed by atoms with E-state index in [-0.39, 0.29) is 17.7 Å². The lowest BCUT2D eigenvalue weighted by atomic mass is 9.72. The Hall–Kier alpha value is -2.69. The van der Waals surface area contributed by atoms with Crippen molar-refractivity contribution >= 4 is 11.8 Å². The third-order valence-electron chi connectivity index (χ3n) is 6.68.